The number of nitrogens with zero attached hydrogens (tertiary/aromatic N) is 2. The monoisotopic (exact) mass is 273 g/mol. The predicted octanol–water partition coefficient (Wildman–Crippen LogP) is 1.18. The fraction of sp³-hybridized carbons (Fsp3) is 0.562. The van der Waals surface area contributed by atoms with Gasteiger partial charge in [-0.25, -0.2) is 5.32 Å². The molecule has 2 fully saturated rings. The van der Waals surface area contributed by atoms with Crippen molar-refractivity contribution in [2.45, 2.75) is 18.3 Å². The van der Waals surface area contributed by atoms with E-state index in [1.807, 2.05) is 23.1 Å². The molecule has 2 aliphatic heterocycles. The molecule has 0 unspecified atom stereocenters. The summed E-state index contributed by atoms with van der Waals surface area (Å²) in [5, 5.41) is 4.43. The topological polar surface area (TPSA) is 43.6 Å². The second kappa shape index (κ2) is 5.94. The van der Waals surface area contributed by atoms with E-state index in [-0.39, 0.29) is 11.3 Å². The summed E-state index contributed by atoms with van der Waals surface area (Å²) in [6, 6.07) is 10.2. The van der Waals surface area contributed by atoms with Gasteiger partial charge in [0.1, 0.15) is 0 Å². The zero-order chi connectivity index (χ0) is 13.8. The number of hydrogen-bond donors (Lipinski definition) is 0. The SMILES string of the molecule is O=C(N1CCOCC1)C1(c2ccccc2)CC[N]CC1. The molecule has 0 aromatic heterocycles. The molecule has 3 rings (SSSR count). The molecule has 0 spiro atoms. The molecule has 1 aromatic rings. The molecule has 2 aliphatic rings. The molecule has 0 aliphatic carbocycles. The van der Waals surface area contributed by atoms with E-state index in [2.05, 4.69) is 17.4 Å². The minimum absolute atomic E-state index is 0.266. The third-order valence-corrected chi connectivity index (χ3v) is 4.43. The van der Waals surface area contributed by atoms with Crippen LogP contribution in [0, 0.1) is 0 Å². The first-order chi connectivity index (χ1) is 9.83. The zero-order valence-corrected chi connectivity index (χ0v) is 11.8. The molecule has 2 saturated heterocycles. The fourth-order valence-corrected chi connectivity index (χ4v) is 3.23. The van der Waals surface area contributed by atoms with E-state index in [1.165, 1.54) is 0 Å². The standard InChI is InChI=1S/C16H21N2O2/c19-15(18-10-12-20-13-11-18)16(6-8-17-9-7-16)14-4-2-1-3-5-14/h1-5H,6-13H2. The lowest BCUT2D eigenvalue weighted by Gasteiger charge is -2.41. The van der Waals surface area contributed by atoms with Gasteiger partial charge in [-0.15, -0.1) is 0 Å². The molecule has 4 nitrogen and oxygen atoms in total. The van der Waals surface area contributed by atoms with Crippen LogP contribution in [0.4, 0.5) is 0 Å². The maximum atomic E-state index is 13.1. The lowest BCUT2D eigenvalue weighted by molar-refractivity contribution is -0.142. The summed E-state index contributed by atoms with van der Waals surface area (Å²) >= 11 is 0. The molecule has 0 bridgehead atoms. The number of morpholine rings is 1. The van der Waals surface area contributed by atoms with Crippen molar-refractivity contribution in [2.24, 2.45) is 0 Å². The van der Waals surface area contributed by atoms with Crippen LogP contribution in [-0.2, 0) is 14.9 Å². The Morgan fingerprint density at radius 3 is 2.40 bits per heavy atom. The molecule has 0 atom stereocenters. The third kappa shape index (κ3) is 2.45. The Morgan fingerprint density at radius 1 is 1.10 bits per heavy atom. The summed E-state index contributed by atoms with van der Waals surface area (Å²) in [4.78, 5) is 15.1. The highest BCUT2D eigenvalue weighted by molar-refractivity contribution is 5.88. The van der Waals surface area contributed by atoms with E-state index in [1.54, 1.807) is 0 Å². The molecule has 1 aromatic carbocycles. The zero-order valence-electron chi connectivity index (χ0n) is 11.8. The van der Waals surface area contributed by atoms with Crippen molar-refractivity contribution in [1.82, 2.24) is 10.2 Å². The fourth-order valence-electron chi connectivity index (χ4n) is 3.23. The molecular formula is C16H21N2O2. The maximum Gasteiger partial charge on any atom is 0.233 e. The first-order valence-electron chi connectivity index (χ1n) is 7.39. The van der Waals surface area contributed by atoms with Crippen molar-refractivity contribution < 1.29 is 9.53 Å². The molecule has 107 valence electrons. The number of hydrogen-bond acceptors (Lipinski definition) is 2. The van der Waals surface area contributed by atoms with Crippen molar-refractivity contribution in [1.29, 1.82) is 0 Å². The molecule has 0 N–H and O–H groups in total. The highest BCUT2D eigenvalue weighted by Gasteiger charge is 2.43. The lowest BCUT2D eigenvalue weighted by atomic mass is 9.72. The number of rotatable bonds is 2. The van der Waals surface area contributed by atoms with Crippen LogP contribution in [0.3, 0.4) is 0 Å². The molecule has 1 amide bonds. The van der Waals surface area contributed by atoms with E-state index in [0.29, 0.717) is 26.3 Å². The average Bonchev–Trinajstić information content (AvgIpc) is 2.56. The number of carbonyl (C=O) groups is 1. The first-order valence-corrected chi connectivity index (χ1v) is 7.39. The summed E-state index contributed by atoms with van der Waals surface area (Å²) < 4.78 is 5.36. The lowest BCUT2D eigenvalue weighted by Crippen LogP contribution is -2.53. The molecule has 1 radical (unpaired) electrons. The summed E-state index contributed by atoms with van der Waals surface area (Å²) in [6.45, 7) is 4.30. The van der Waals surface area contributed by atoms with Crippen molar-refractivity contribution in [3.63, 3.8) is 0 Å². The summed E-state index contributed by atoms with van der Waals surface area (Å²) in [5.74, 6) is 0.266. The highest BCUT2D eigenvalue weighted by atomic mass is 16.5. The maximum absolute atomic E-state index is 13.1. The van der Waals surface area contributed by atoms with E-state index >= 15 is 0 Å². The van der Waals surface area contributed by atoms with E-state index in [9.17, 15) is 4.79 Å². The van der Waals surface area contributed by atoms with E-state index in [4.69, 9.17) is 4.74 Å². The quantitative estimate of drug-likeness (QED) is 0.812. The Hall–Kier alpha value is -1.39. The summed E-state index contributed by atoms with van der Waals surface area (Å²) in [7, 11) is 0. The van der Waals surface area contributed by atoms with Gasteiger partial charge in [0, 0.05) is 26.2 Å². The Labute approximate surface area is 120 Å². The van der Waals surface area contributed by atoms with Gasteiger partial charge in [-0.2, -0.15) is 0 Å². The Bertz CT molecular complexity index is 449. The number of benzene rings is 1. The number of piperidine rings is 1. The van der Waals surface area contributed by atoms with Crippen LogP contribution in [0.5, 0.6) is 0 Å². The van der Waals surface area contributed by atoms with Gasteiger partial charge in [0.05, 0.1) is 18.6 Å². The predicted molar refractivity (Wildman–Crippen MR) is 76.6 cm³/mol. The second-order valence-electron chi connectivity index (χ2n) is 5.52. The van der Waals surface area contributed by atoms with E-state index in [0.717, 1.165) is 31.5 Å². The summed E-state index contributed by atoms with van der Waals surface area (Å²) in [6.07, 6.45) is 1.65. The van der Waals surface area contributed by atoms with Gasteiger partial charge < -0.3 is 9.64 Å². The molecule has 2 heterocycles. The molecule has 0 saturated carbocycles. The van der Waals surface area contributed by atoms with Crippen molar-refractivity contribution in [3.8, 4) is 0 Å². The van der Waals surface area contributed by atoms with Crippen molar-refractivity contribution >= 4 is 5.91 Å². The summed E-state index contributed by atoms with van der Waals surface area (Å²) in [5.41, 5.74) is 0.770. The molecular weight excluding hydrogens is 252 g/mol. The van der Waals surface area contributed by atoms with Crippen LogP contribution in [0.1, 0.15) is 18.4 Å². The Balaban J connectivity index is 1.91. The normalized spacial score (nSPS) is 22.5. The minimum atomic E-state index is -0.375. The van der Waals surface area contributed by atoms with Crippen LogP contribution in [-0.4, -0.2) is 50.2 Å². The van der Waals surface area contributed by atoms with Gasteiger partial charge >= 0.3 is 0 Å². The van der Waals surface area contributed by atoms with Gasteiger partial charge in [0.15, 0.2) is 0 Å². The van der Waals surface area contributed by atoms with Gasteiger partial charge in [-0.1, -0.05) is 30.3 Å². The van der Waals surface area contributed by atoms with E-state index < -0.39 is 0 Å². The van der Waals surface area contributed by atoms with Crippen LogP contribution in [0.15, 0.2) is 30.3 Å². The first kappa shape index (κ1) is 13.6. The average molecular weight is 273 g/mol. The third-order valence-electron chi connectivity index (χ3n) is 4.43. The van der Waals surface area contributed by atoms with Crippen LogP contribution in [0.25, 0.3) is 0 Å². The molecule has 20 heavy (non-hydrogen) atoms. The van der Waals surface area contributed by atoms with Gasteiger partial charge in [-0.05, 0) is 18.4 Å². The van der Waals surface area contributed by atoms with Gasteiger partial charge in [0.2, 0.25) is 5.91 Å². The minimum Gasteiger partial charge on any atom is -0.378 e. The van der Waals surface area contributed by atoms with Crippen LogP contribution < -0.4 is 5.32 Å². The van der Waals surface area contributed by atoms with Crippen LogP contribution >= 0.6 is 0 Å². The smallest absolute Gasteiger partial charge is 0.233 e. The number of amides is 1. The van der Waals surface area contributed by atoms with Gasteiger partial charge in [0.25, 0.3) is 0 Å². The highest BCUT2D eigenvalue weighted by Crippen LogP contribution is 2.36. The largest absolute Gasteiger partial charge is 0.378 e. The Morgan fingerprint density at radius 2 is 1.75 bits per heavy atom. The second-order valence-corrected chi connectivity index (χ2v) is 5.52. The number of carbonyl (C=O) groups excluding carboxylic acids is 1. The Kier molecular flexibility index (Phi) is 4.03. The number of ether oxygens (including phenoxy) is 1. The van der Waals surface area contributed by atoms with Crippen molar-refractivity contribution in [2.75, 3.05) is 39.4 Å². The van der Waals surface area contributed by atoms with Crippen LogP contribution in [0.2, 0.25) is 0 Å². The van der Waals surface area contributed by atoms with Crippen molar-refractivity contribution in [3.05, 3.63) is 35.9 Å². The van der Waals surface area contributed by atoms with Gasteiger partial charge in [-0.3, -0.25) is 4.79 Å². The molecule has 4 heteroatoms.